The zero-order chi connectivity index (χ0) is 19.5. The fourth-order valence-electron chi connectivity index (χ4n) is 3.45. The van der Waals surface area contributed by atoms with Crippen molar-refractivity contribution in [2.45, 2.75) is 32.8 Å². The van der Waals surface area contributed by atoms with Crippen LogP contribution in [0.25, 0.3) is 22.0 Å². The Balaban J connectivity index is 1.54. The van der Waals surface area contributed by atoms with E-state index in [-0.39, 0.29) is 12.0 Å². The molecule has 1 aromatic heterocycles. The Morgan fingerprint density at radius 1 is 1.21 bits per heavy atom. The van der Waals surface area contributed by atoms with Crippen molar-refractivity contribution in [3.8, 4) is 11.1 Å². The summed E-state index contributed by atoms with van der Waals surface area (Å²) in [7, 11) is 0. The number of fused-ring (bicyclic) bond motifs is 1. The van der Waals surface area contributed by atoms with Gasteiger partial charge in [0.25, 0.3) is 5.91 Å². The third-order valence-electron chi connectivity index (χ3n) is 5.03. The number of pyridine rings is 1. The van der Waals surface area contributed by atoms with Crippen LogP contribution in [0.1, 0.15) is 35.7 Å². The van der Waals surface area contributed by atoms with E-state index in [1.54, 1.807) is 0 Å². The lowest BCUT2D eigenvalue weighted by Gasteiger charge is -2.11. The molecule has 1 atom stereocenters. The van der Waals surface area contributed by atoms with Crippen molar-refractivity contribution in [2.24, 2.45) is 5.16 Å². The van der Waals surface area contributed by atoms with Crippen molar-refractivity contribution in [1.29, 1.82) is 0 Å². The summed E-state index contributed by atoms with van der Waals surface area (Å²) in [6.07, 6.45) is 3.39. The lowest BCUT2D eigenvalue weighted by atomic mass is 9.98. The fraction of sp³-hybridized carbons (Fsp3) is 0.261. The van der Waals surface area contributed by atoms with Gasteiger partial charge in [0.1, 0.15) is 6.10 Å². The van der Waals surface area contributed by atoms with Gasteiger partial charge < -0.3 is 10.2 Å². The molecule has 5 heteroatoms. The summed E-state index contributed by atoms with van der Waals surface area (Å²) in [6.45, 7) is 4.57. The van der Waals surface area contributed by atoms with E-state index in [2.05, 4.69) is 41.4 Å². The van der Waals surface area contributed by atoms with Gasteiger partial charge in [-0.1, -0.05) is 35.8 Å². The highest BCUT2D eigenvalue weighted by Crippen LogP contribution is 2.28. The maximum absolute atomic E-state index is 12.6. The quantitative estimate of drug-likeness (QED) is 0.716. The van der Waals surface area contributed by atoms with Gasteiger partial charge in [-0.25, -0.2) is 0 Å². The largest absolute Gasteiger partial charge is 0.390 e. The molecule has 142 valence electrons. The smallest absolute Gasteiger partial charge is 0.251 e. The maximum atomic E-state index is 12.6. The molecule has 1 amide bonds. The highest BCUT2D eigenvalue weighted by atomic mass is 16.6. The monoisotopic (exact) mass is 373 g/mol. The second-order valence-electron chi connectivity index (χ2n) is 7.11. The van der Waals surface area contributed by atoms with Gasteiger partial charge in [-0.15, -0.1) is 0 Å². The van der Waals surface area contributed by atoms with E-state index in [1.165, 1.54) is 5.56 Å². The molecule has 2 heterocycles. The standard InChI is InChI=1S/C23H23N3O2/c1-3-18-13-19(28-26-18)14-25-23(27)17-6-4-5-16(12-17)20-9-10-24-22-8-7-15(2)11-21(20)22/h4-12,19H,3,13-14H2,1-2H3,(H,25,27)/t19-/m0/s1. The van der Waals surface area contributed by atoms with E-state index in [0.29, 0.717) is 12.1 Å². The number of hydrogen-bond acceptors (Lipinski definition) is 4. The van der Waals surface area contributed by atoms with Crippen LogP contribution >= 0.6 is 0 Å². The molecule has 4 rings (SSSR count). The molecule has 0 aliphatic carbocycles. The Morgan fingerprint density at radius 3 is 2.93 bits per heavy atom. The average Bonchev–Trinajstić information content (AvgIpc) is 3.20. The van der Waals surface area contributed by atoms with Crippen molar-refractivity contribution in [1.82, 2.24) is 10.3 Å². The van der Waals surface area contributed by atoms with Gasteiger partial charge in [0.2, 0.25) is 0 Å². The van der Waals surface area contributed by atoms with Crippen LogP contribution < -0.4 is 5.32 Å². The first-order chi connectivity index (χ1) is 13.6. The summed E-state index contributed by atoms with van der Waals surface area (Å²) in [5.41, 5.74) is 5.87. The van der Waals surface area contributed by atoms with Crippen LogP contribution in [-0.2, 0) is 4.84 Å². The molecule has 1 N–H and O–H groups in total. The summed E-state index contributed by atoms with van der Waals surface area (Å²) < 4.78 is 0. The van der Waals surface area contributed by atoms with Gasteiger partial charge in [0.15, 0.2) is 0 Å². The third-order valence-corrected chi connectivity index (χ3v) is 5.03. The molecule has 1 aliphatic rings. The number of hydrogen-bond donors (Lipinski definition) is 1. The van der Waals surface area contributed by atoms with E-state index >= 15 is 0 Å². The molecule has 28 heavy (non-hydrogen) atoms. The van der Waals surface area contributed by atoms with Crippen molar-refractivity contribution < 1.29 is 9.63 Å². The number of rotatable bonds is 5. The van der Waals surface area contributed by atoms with Crippen molar-refractivity contribution in [2.75, 3.05) is 6.54 Å². The van der Waals surface area contributed by atoms with Crippen molar-refractivity contribution in [3.63, 3.8) is 0 Å². The molecule has 5 nitrogen and oxygen atoms in total. The fourth-order valence-corrected chi connectivity index (χ4v) is 3.45. The van der Waals surface area contributed by atoms with Gasteiger partial charge in [-0.05, 0) is 54.8 Å². The number of nitrogens with one attached hydrogen (secondary N) is 1. The molecule has 1 aliphatic heterocycles. The number of oxime groups is 1. The maximum Gasteiger partial charge on any atom is 0.251 e. The molecule has 0 unspecified atom stereocenters. The zero-order valence-electron chi connectivity index (χ0n) is 16.1. The molecule has 0 bridgehead atoms. The van der Waals surface area contributed by atoms with Crippen LogP contribution in [0.4, 0.5) is 0 Å². The molecular weight excluding hydrogens is 350 g/mol. The summed E-state index contributed by atoms with van der Waals surface area (Å²) in [4.78, 5) is 22.4. The van der Waals surface area contributed by atoms with Crippen molar-refractivity contribution >= 4 is 22.5 Å². The first-order valence-electron chi connectivity index (χ1n) is 9.59. The number of amides is 1. The predicted molar refractivity (Wildman–Crippen MR) is 111 cm³/mol. The Bertz CT molecular complexity index is 1060. The first-order valence-corrected chi connectivity index (χ1v) is 9.59. The summed E-state index contributed by atoms with van der Waals surface area (Å²) >= 11 is 0. The average molecular weight is 373 g/mol. The van der Waals surface area contributed by atoms with Gasteiger partial charge in [-0.2, -0.15) is 0 Å². The van der Waals surface area contributed by atoms with E-state index in [9.17, 15) is 4.79 Å². The van der Waals surface area contributed by atoms with Gasteiger partial charge in [0.05, 0.1) is 17.8 Å². The van der Waals surface area contributed by atoms with Crippen molar-refractivity contribution in [3.05, 3.63) is 65.9 Å². The lowest BCUT2D eigenvalue weighted by Crippen LogP contribution is -2.32. The van der Waals surface area contributed by atoms with Gasteiger partial charge in [0, 0.05) is 23.6 Å². The third kappa shape index (κ3) is 3.74. The number of benzene rings is 2. The molecule has 0 saturated heterocycles. The molecule has 3 aromatic rings. The zero-order valence-corrected chi connectivity index (χ0v) is 16.1. The summed E-state index contributed by atoms with van der Waals surface area (Å²) in [5, 5.41) is 8.08. The van der Waals surface area contributed by atoms with E-state index < -0.39 is 0 Å². The normalized spacial score (nSPS) is 15.9. The second kappa shape index (κ2) is 7.80. The Kier molecular flexibility index (Phi) is 5.06. The van der Waals surface area contributed by atoms with Crippen LogP contribution in [0.5, 0.6) is 0 Å². The molecule has 0 fully saturated rings. The molecule has 0 radical (unpaired) electrons. The van der Waals surface area contributed by atoms with Crippen LogP contribution in [0.15, 0.2) is 59.9 Å². The number of carbonyl (C=O) groups excluding carboxylic acids is 1. The number of nitrogens with zero attached hydrogens (tertiary/aromatic N) is 2. The molecule has 0 spiro atoms. The van der Waals surface area contributed by atoms with Crippen LogP contribution in [0, 0.1) is 6.92 Å². The Labute approximate surface area is 164 Å². The van der Waals surface area contributed by atoms with Gasteiger partial charge in [-0.3, -0.25) is 9.78 Å². The highest BCUT2D eigenvalue weighted by molar-refractivity contribution is 5.99. The molecular formula is C23H23N3O2. The Hall–Kier alpha value is -3.21. The number of aryl methyl sites for hydroxylation is 1. The van der Waals surface area contributed by atoms with E-state index in [0.717, 1.165) is 40.6 Å². The van der Waals surface area contributed by atoms with E-state index in [4.69, 9.17) is 4.84 Å². The lowest BCUT2D eigenvalue weighted by molar-refractivity contribution is 0.0753. The topological polar surface area (TPSA) is 63.6 Å². The Morgan fingerprint density at radius 2 is 2.11 bits per heavy atom. The molecule has 0 saturated carbocycles. The minimum atomic E-state index is -0.107. The van der Waals surface area contributed by atoms with Crippen LogP contribution in [0.3, 0.4) is 0 Å². The van der Waals surface area contributed by atoms with Gasteiger partial charge >= 0.3 is 0 Å². The van der Waals surface area contributed by atoms with Crippen LogP contribution in [0.2, 0.25) is 0 Å². The highest BCUT2D eigenvalue weighted by Gasteiger charge is 2.20. The minimum absolute atomic E-state index is 0.0748. The number of carbonyl (C=O) groups is 1. The predicted octanol–water partition coefficient (Wildman–Crippen LogP) is 4.49. The van der Waals surface area contributed by atoms with Crippen LogP contribution in [-0.4, -0.2) is 29.3 Å². The summed E-state index contributed by atoms with van der Waals surface area (Å²) in [5.74, 6) is -0.107. The van der Waals surface area contributed by atoms with E-state index in [1.807, 2.05) is 42.6 Å². The first kappa shape index (κ1) is 18.2. The summed E-state index contributed by atoms with van der Waals surface area (Å²) in [6, 6.07) is 15.9. The number of aromatic nitrogens is 1. The minimum Gasteiger partial charge on any atom is -0.390 e. The molecule has 2 aromatic carbocycles. The second-order valence-corrected chi connectivity index (χ2v) is 7.11. The SMILES string of the molecule is CCC1=NO[C@H](CNC(=O)c2cccc(-c3ccnc4ccc(C)cc34)c2)C1.